The van der Waals surface area contributed by atoms with E-state index < -0.39 is 22.9 Å². The first kappa shape index (κ1) is 14.0. The number of ketones is 1. The van der Waals surface area contributed by atoms with Gasteiger partial charge in [-0.15, -0.1) is 0 Å². The number of carbonyl (C=O) groups is 3. The van der Waals surface area contributed by atoms with Crippen LogP contribution >= 0.6 is 11.6 Å². The predicted octanol–water partition coefficient (Wildman–Crippen LogP) is 1.58. The van der Waals surface area contributed by atoms with Crippen LogP contribution in [-0.4, -0.2) is 40.7 Å². The van der Waals surface area contributed by atoms with Gasteiger partial charge >= 0.3 is 11.3 Å². The average molecular weight is 262 g/mol. The van der Waals surface area contributed by atoms with Crippen LogP contribution in [-0.2, 0) is 14.3 Å². The van der Waals surface area contributed by atoms with Gasteiger partial charge < -0.3 is 9.64 Å². The first-order valence-electron chi connectivity index (χ1n) is 5.40. The Bertz CT molecular complexity index is 348. The number of hydrogen-bond donors (Lipinski definition) is 0. The van der Waals surface area contributed by atoms with Crippen LogP contribution < -0.4 is 0 Å². The lowest BCUT2D eigenvalue weighted by Gasteiger charge is -2.30. The first-order chi connectivity index (χ1) is 7.70. The zero-order chi connectivity index (χ0) is 13.2. The van der Waals surface area contributed by atoms with E-state index in [0.717, 1.165) is 0 Å². The van der Waals surface area contributed by atoms with E-state index >= 15 is 0 Å². The molecule has 1 atom stereocenters. The highest BCUT2D eigenvalue weighted by atomic mass is 35.5. The summed E-state index contributed by atoms with van der Waals surface area (Å²) < 4.78 is 5.15. The topological polar surface area (TPSA) is 63.7 Å². The number of rotatable bonds is 1. The fourth-order valence-electron chi connectivity index (χ4n) is 1.60. The zero-order valence-electron chi connectivity index (χ0n) is 10.2. The molecule has 0 radical (unpaired) electrons. The number of halogens is 1. The van der Waals surface area contributed by atoms with E-state index in [-0.39, 0.29) is 18.7 Å². The van der Waals surface area contributed by atoms with Crippen LogP contribution in [0.3, 0.4) is 0 Å². The minimum atomic E-state index is -0.776. The minimum absolute atomic E-state index is 0.119. The van der Waals surface area contributed by atoms with Gasteiger partial charge in [0.1, 0.15) is 11.5 Å². The van der Waals surface area contributed by atoms with E-state index in [1.54, 1.807) is 20.8 Å². The van der Waals surface area contributed by atoms with Gasteiger partial charge in [-0.3, -0.25) is 14.4 Å². The summed E-state index contributed by atoms with van der Waals surface area (Å²) >= 11 is 5.27. The summed E-state index contributed by atoms with van der Waals surface area (Å²) in [6.07, 6.45) is 0.270. The SMILES string of the molecule is CC(C)(C)OC(=O)C1CCN(C(=O)Cl)CC1=O. The van der Waals surface area contributed by atoms with Crippen LogP contribution in [0.5, 0.6) is 0 Å². The van der Waals surface area contributed by atoms with Crippen molar-refractivity contribution in [2.75, 3.05) is 13.1 Å². The molecular formula is C11H16ClNO4. The Morgan fingerprint density at radius 1 is 1.41 bits per heavy atom. The number of nitrogens with zero attached hydrogens (tertiary/aromatic N) is 1. The lowest BCUT2D eigenvalue weighted by atomic mass is 9.95. The average Bonchev–Trinajstić information content (AvgIpc) is 2.14. The molecule has 1 aliphatic heterocycles. The number of ether oxygens (including phenoxy) is 1. The van der Waals surface area contributed by atoms with Crippen molar-refractivity contribution in [3.8, 4) is 0 Å². The highest BCUT2D eigenvalue weighted by Gasteiger charge is 2.36. The van der Waals surface area contributed by atoms with Crippen LogP contribution in [0, 0.1) is 5.92 Å². The Hall–Kier alpha value is -1.10. The highest BCUT2D eigenvalue weighted by molar-refractivity contribution is 6.62. The van der Waals surface area contributed by atoms with Crippen molar-refractivity contribution in [2.45, 2.75) is 32.8 Å². The van der Waals surface area contributed by atoms with Gasteiger partial charge in [0.2, 0.25) is 0 Å². The molecular weight excluding hydrogens is 246 g/mol. The Morgan fingerprint density at radius 2 is 2.00 bits per heavy atom. The third kappa shape index (κ3) is 4.00. The molecule has 6 heteroatoms. The predicted molar refractivity (Wildman–Crippen MR) is 61.8 cm³/mol. The first-order valence-corrected chi connectivity index (χ1v) is 5.78. The molecule has 17 heavy (non-hydrogen) atoms. The number of esters is 1. The molecule has 1 aliphatic rings. The van der Waals surface area contributed by atoms with Crippen LogP contribution in [0.25, 0.3) is 0 Å². The molecule has 0 aromatic carbocycles. The molecule has 96 valence electrons. The van der Waals surface area contributed by atoms with E-state index in [1.807, 2.05) is 0 Å². The maximum Gasteiger partial charge on any atom is 0.317 e. The lowest BCUT2D eigenvalue weighted by Crippen LogP contribution is -2.46. The molecule has 5 nitrogen and oxygen atoms in total. The molecule has 0 N–H and O–H groups in total. The molecule has 1 fully saturated rings. The Kier molecular flexibility index (Phi) is 4.14. The number of piperidine rings is 1. The Balaban J connectivity index is 2.61. The monoisotopic (exact) mass is 261 g/mol. The largest absolute Gasteiger partial charge is 0.459 e. The fourth-order valence-corrected chi connectivity index (χ4v) is 1.74. The van der Waals surface area contributed by atoms with Crippen molar-refractivity contribution in [1.29, 1.82) is 0 Å². The summed E-state index contributed by atoms with van der Waals surface area (Å²) in [5.41, 5.74) is -0.614. The molecule has 1 unspecified atom stereocenters. The van der Waals surface area contributed by atoms with Crippen LogP contribution in [0.4, 0.5) is 4.79 Å². The number of hydrogen-bond acceptors (Lipinski definition) is 4. The summed E-state index contributed by atoms with van der Waals surface area (Å²) in [7, 11) is 0. The standard InChI is InChI=1S/C11H16ClNO4/c1-11(2,3)17-9(15)7-4-5-13(10(12)16)6-8(7)14/h7H,4-6H2,1-3H3. The second kappa shape index (κ2) is 5.04. The molecule has 0 saturated carbocycles. The number of Topliss-reactive ketones (excluding diaryl/α,β-unsaturated/α-hetero) is 1. The van der Waals surface area contributed by atoms with Gasteiger partial charge in [-0.1, -0.05) is 0 Å². The van der Waals surface area contributed by atoms with Gasteiger partial charge in [0.15, 0.2) is 5.78 Å². The molecule has 1 saturated heterocycles. The molecule has 1 heterocycles. The van der Waals surface area contributed by atoms with Crippen molar-refractivity contribution in [3.63, 3.8) is 0 Å². The molecule has 0 spiro atoms. The molecule has 0 aromatic heterocycles. The van der Waals surface area contributed by atoms with Crippen LogP contribution in [0.2, 0.25) is 0 Å². The van der Waals surface area contributed by atoms with E-state index in [1.165, 1.54) is 4.90 Å². The number of carbonyl (C=O) groups excluding carboxylic acids is 3. The summed E-state index contributed by atoms with van der Waals surface area (Å²) in [5.74, 6) is -1.62. The van der Waals surface area contributed by atoms with Crippen molar-refractivity contribution in [2.24, 2.45) is 5.92 Å². The normalized spacial score (nSPS) is 21.3. The van der Waals surface area contributed by atoms with Gasteiger partial charge in [-0.05, 0) is 38.8 Å². The number of likely N-dealkylation sites (tertiary alicyclic amines) is 1. The minimum Gasteiger partial charge on any atom is -0.459 e. The van der Waals surface area contributed by atoms with Crippen molar-refractivity contribution in [3.05, 3.63) is 0 Å². The maximum atomic E-state index is 11.7. The smallest absolute Gasteiger partial charge is 0.317 e. The summed E-state index contributed by atoms with van der Waals surface area (Å²) in [6.45, 7) is 5.41. The molecule has 1 rings (SSSR count). The van der Waals surface area contributed by atoms with E-state index in [4.69, 9.17) is 16.3 Å². The third-order valence-electron chi connectivity index (χ3n) is 2.36. The van der Waals surface area contributed by atoms with Gasteiger partial charge in [-0.25, -0.2) is 0 Å². The molecule has 0 aromatic rings. The van der Waals surface area contributed by atoms with Gasteiger partial charge in [-0.2, -0.15) is 0 Å². The van der Waals surface area contributed by atoms with Crippen molar-refractivity contribution < 1.29 is 19.1 Å². The Labute approximate surface area is 105 Å². The summed E-state index contributed by atoms with van der Waals surface area (Å²) in [5, 5.41) is -0.666. The van der Waals surface area contributed by atoms with Crippen molar-refractivity contribution in [1.82, 2.24) is 4.90 Å². The second-order valence-electron chi connectivity index (χ2n) is 5.02. The van der Waals surface area contributed by atoms with Crippen molar-refractivity contribution >= 4 is 28.7 Å². The molecule has 0 aliphatic carbocycles. The second-order valence-corrected chi connectivity index (χ2v) is 5.34. The molecule has 1 amide bonds. The Morgan fingerprint density at radius 3 is 2.41 bits per heavy atom. The summed E-state index contributed by atoms with van der Waals surface area (Å²) in [4.78, 5) is 35.5. The maximum absolute atomic E-state index is 11.7. The van der Waals surface area contributed by atoms with Gasteiger partial charge in [0.05, 0.1) is 6.54 Å². The highest BCUT2D eigenvalue weighted by Crippen LogP contribution is 2.19. The quantitative estimate of drug-likeness (QED) is 0.311. The summed E-state index contributed by atoms with van der Waals surface area (Å²) in [6, 6.07) is 0. The zero-order valence-corrected chi connectivity index (χ0v) is 10.9. The van der Waals surface area contributed by atoms with E-state index in [9.17, 15) is 14.4 Å². The van der Waals surface area contributed by atoms with Crippen LogP contribution in [0.15, 0.2) is 0 Å². The molecule has 0 bridgehead atoms. The fraction of sp³-hybridized carbons (Fsp3) is 0.727. The lowest BCUT2D eigenvalue weighted by molar-refractivity contribution is -0.163. The van der Waals surface area contributed by atoms with E-state index in [0.29, 0.717) is 6.54 Å². The van der Waals surface area contributed by atoms with Gasteiger partial charge in [0.25, 0.3) is 0 Å². The van der Waals surface area contributed by atoms with Gasteiger partial charge in [0, 0.05) is 6.54 Å². The third-order valence-corrected chi connectivity index (χ3v) is 2.60. The van der Waals surface area contributed by atoms with E-state index in [2.05, 4.69) is 0 Å². The number of amides is 1. The van der Waals surface area contributed by atoms with Crippen LogP contribution in [0.1, 0.15) is 27.2 Å².